The molecule has 2 aromatic carbocycles. The molecule has 1 N–H and O–H groups in total. The highest BCUT2D eigenvalue weighted by molar-refractivity contribution is 5.75. The fourth-order valence-electron chi connectivity index (χ4n) is 4.62. The molecule has 2 aliphatic rings. The number of anilines is 1. The zero-order chi connectivity index (χ0) is 22.5. The fourth-order valence-corrected chi connectivity index (χ4v) is 4.62. The Morgan fingerprint density at radius 3 is 2.56 bits per heavy atom. The predicted octanol–water partition coefficient (Wildman–Crippen LogP) is 3.58. The molecule has 7 heteroatoms. The maximum absolute atomic E-state index is 13.6. The summed E-state index contributed by atoms with van der Waals surface area (Å²) in [5.41, 5.74) is 2.19. The number of benzene rings is 2. The molecule has 0 saturated carbocycles. The smallest absolute Gasteiger partial charge is 0.317 e. The average molecular weight is 436 g/mol. The molecule has 2 heterocycles. The maximum Gasteiger partial charge on any atom is 0.317 e. The molecule has 32 heavy (non-hydrogen) atoms. The molecular formula is C25H30FN5O. The first kappa shape index (κ1) is 22.1. The second-order valence-electron chi connectivity index (χ2n) is 8.75. The number of urea groups is 1. The summed E-state index contributed by atoms with van der Waals surface area (Å²) in [7, 11) is 0. The van der Waals surface area contributed by atoms with Crippen molar-refractivity contribution in [3.8, 4) is 6.07 Å². The quantitative estimate of drug-likeness (QED) is 0.797. The first-order chi connectivity index (χ1) is 15.5. The lowest BCUT2D eigenvalue weighted by Gasteiger charge is -2.42. The molecule has 0 radical (unpaired) electrons. The van der Waals surface area contributed by atoms with Gasteiger partial charge in [-0.15, -0.1) is 0 Å². The van der Waals surface area contributed by atoms with E-state index in [9.17, 15) is 9.18 Å². The topological polar surface area (TPSA) is 62.6 Å². The highest BCUT2D eigenvalue weighted by Gasteiger charge is 2.30. The van der Waals surface area contributed by atoms with E-state index in [2.05, 4.69) is 39.4 Å². The second kappa shape index (κ2) is 10.0. The van der Waals surface area contributed by atoms with Crippen LogP contribution in [-0.4, -0.2) is 60.6 Å². The molecule has 2 fully saturated rings. The summed E-state index contributed by atoms with van der Waals surface area (Å²) in [5.74, 6) is -0.503. The van der Waals surface area contributed by atoms with Gasteiger partial charge in [-0.05, 0) is 43.5 Å². The van der Waals surface area contributed by atoms with Gasteiger partial charge in [-0.1, -0.05) is 30.3 Å². The molecule has 0 spiro atoms. The minimum absolute atomic E-state index is 0.00419. The van der Waals surface area contributed by atoms with E-state index in [0.29, 0.717) is 19.6 Å². The van der Waals surface area contributed by atoms with Gasteiger partial charge in [0.25, 0.3) is 0 Å². The van der Waals surface area contributed by atoms with Crippen LogP contribution in [0.3, 0.4) is 0 Å². The van der Waals surface area contributed by atoms with Gasteiger partial charge < -0.3 is 15.1 Å². The Kier molecular flexibility index (Phi) is 6.91. The van der Waals surface area contributed by atoms with Crippen LogP contribution < -0.4 is 10.2 Å². The van der Waals surface area contributed by atoms with Crippen LogP contribution in [0.25, 0.3) is 0 Å². The average Bonchev–Trinajstić information content (AvgIpc) is 2.81. The van der Waals surface area contributed by atoms with Crippen molar-refractivity contribution in [1.29, 1.82) is 5.26 Å². The number of piperidine rings is 1. The van der Waals surface area contributed by atoms with Gasteiger partial charge >= 0.3 is 6.03 Å². The molecule has 6 nitrogen and oxygen atoms in total. The van der Waals surface area contributed by atoms with Gasteiger partial charge in [0.2, 0.25) is 0 Å². The Hall–Kier alpha value is -3.11. The number of rotatable bonds is 4. The van der Waals surface area contributed by atoms with E-state index in [1.165, 1.54) is 11.6 Å². The van der Waals surface area contributed by atoms with Crippen molar-refractivity contribution >= 4 is 11.7 Å². The Labute approximate surface area is 189 Å². The highest BCUT2D eigenvalue weighted by atomic mass is 19.1. The Morgan fingerprint density at radius 2 is 1.88 bits per heavy atom. The summed E-state index contributed by atoms with van der Waals surface area (Å²) in [6.45, 7) is 6.85. The van der Waals surface area contributed by atoms with Crippen LogP contribution in [0.5, 0.6) is 0 Å². The van der Waals surface area contributed by atoms with E-state index in [1.807, 2.05) is 24.0 Å². The largest absolute Gasteiger partial charge is 0.368 e. The van der Waals surface area contributed by atoms with Gasteiger partial charge in [-0.2, -0.15) is 5.26 Å². The molecule has 0 bridgehead atoms. The number of halogens is 1. The number of carbonyl (C=O) groups excluding carboxylic acids is 1. The number of nitrogens with one attached hydrogen (secondary N) is 1. The molecule has 0 aliphatic carbocycles. The zero-order valence-corrected chi connectivity index (χ0v) is 18.5. The lowest BCUT2D eigenvalue weighted by Crippen LogP contribution is -2.58. The molecule has 168 valence electrons. The van der Waals surface area contributed by atoms with Crippen LogP contribution in [0.1, 0.15) is 30.9 Å². The summed E-state index contributed by atoms with van der Waals surface area (Å²) in [5, 5.41) is 12.3. The van der Waals surface area contributed by atoms with Crippen LogP contribution >= 0.6 is 0 Å². The van der Waals surface area contributed by atoms with Gasteiger partial charge in [-0.25, -0.2) is 9.18 Å². The minimum atomic E-state index is -0.503. The molecule has 2 saturated heterocycles. The molecule has 0 aromatic heterocycles. The first-order valence-electron chi connectivity index (χ1n) is 11.3. The highest BCUT2D eigenvalue weighted by Crippen LogP contribution is 2.22. The first-order valence-corrected chi connectivity index (χ1v) is 11.3. The van der Waals surface area contributed by atoms with E-state index < -0.39 is 5.82 Å². The molecule has 1 atom stereocenters. The van der Waals surface area contributed by atoms with E-state index in [0.717, 1.165) is 38.2 Å². The minimum Gasteiger partial charge on any atom is -0.368 e. The van der Waals surface area contributed by atoms with E-state index in [-0.39, 0.29) is 23.7 Å². The molecule has 2 aliphatic heterocycles. The summed E-state index contributed by atoms with van der Waals surface area (Å²) in [6.07, 6.45) is 1.92. The van der Waals surface area contributed by atoms with Crippen molar-refractivity contribution in [2.75, 3.05) is 37.6 Å². The van der Waals surface area contributed by atoms with Crippen molar-refractivity contribution in [3.63, 3.8) is 0 Å². The van der Waals surface area contributed by atoms with Gasteiger partial charge in [0.05, 0.1) is 5.56 Å². The van der Waals surface area contributed by atoms with Gasteiger partial charge in [-0.3, -0.25) is 4.90 Å². The fraction of sp³-hybridized carbons (Fsp3) is 0.440. The number of carbonyl (C=O) groups is 1. The van der Waals surface area contributed by atoms with Crippen molar-refractivity contribution in [3.05, 3.63) is 65.5 Å². The van der Waals surface area contributed by atoms with Crippen LogP contribution in [-0.2, 0) is 6.54 Å². The number of piperazine rings is 1. The Balaban J connectivity index is 1.26. The summed E-state index contributed by atoms with van der Waals surface area (Å²) >= 11 is 0. The number of nitriles is 1. The van der Waals surface area contributed by atoms with E-state index >= 15 is 0 Å². The van der Waals surface area contributed by atoms with Gasteiger partial charge in [0, 0.05) is 57.0 Å². The molecule has 2 amide bonds. The van der Waals surface area contributed by atoms with E-state index in [1.54, 1.807) is 12.1 Å². The summed E-state index contributed by atoms with van der Waals surface area (Å²) in [4.78, 5) is 19.4. The van der Waals surface area contributed by atoms with Crippen LogP contribution in [0.2, 0.25) is 0 Å². The number of likely N-dealkylation sites (tertiary alicyclic amines) is 1. The maximum atomic E-state index is 13.6. The van der Waals surface area contributed by atoms with Crippen molar-refractivity contribution < 1.29 is 9.18 Å². The Morgan fingerprint density at radius 1 is 1.12 bits per heavy atom. The van der Waals surface area contributed by atoms with Gasteiger partial charge in [0.15, 0.2) is 0 Å². The number of hydrogen-bond donors (Lipinski definition) is 1. The van der Waals surface area contributed by atoms with Crippen molar-refractivity contribution in [2.24, 2.45) is 0 Å². The number of amides is 2. The third-order valence-electron chi connectivity index (χ3n) is 6.49. The molecule has 0 unspecified atom stereocenters. The Bertz CT molecular complexity index is 968. The third kappa shape index (κ3) is 5.20. The van der Waals surface area contributed by atoms with Crippen LogP contribution in [0.15, 0.2) is 48.5 Å². The molecule has 4 rings (SSSR count). The van der Waals surface area contributed by atoms with Crippen LogP contribution in [0.4, 0.5) is 14.9 Å². The number of hydrogen-bond acceptors (Lipinski definition) is 4. The molecular weight excluding hydrogens is 405 g/mol. The summed E-state index contributed by atoms with van der Waals surface area (Å²) in [6, 6.07) is 17.2. The van der Waals surface area contributed by atoms with Crippen molar-refractivity contribution in [1.82, 2.24) is 15.1 Å². The lowest BCUT2D eigenvalue weighted by molar-refractivity contribution is 0.153. The molecule has 2 aromatic rings. The summed E-state index contributed by atoms with van der Waals surface area (Å²) < 4.78 is 13.6. The number of nitrogens with zero attached hydrogens (tertiary/aromatic N) is 4. The monoisotopic (exact) mass is 435 g/mol. The SMILES string of the molecule is C[C@@H]1CN(c2ccc(F)c(C#N)c2)CCN1C(=O)NC1CCN(Cc2ccccc2)CC1. The lowest BCUT2D eigenvalue weighted by atomic mass is 10.0. The van der Waals surface area contributed by atoms with E-state index in [4.69, 9.17) is 5.26 Å². The zero-order valence-electron chi connectivity index (χ0n) is 18.5. The van der Waals surface area contributed by atoms with Crippen molar-refractivity contribution in [2.45, 2.75) is 38.4 Å². The predicted molar refractivity (Wildman–Crippen MR) is 123 cm³/mol. The third-order valence-corrected chi connectivity index (χ3v) is 6.49. The van der Waals surface area contributed by atoms with Crippen LogP contribution in [0, 0.1) is 17.1 Å². The van der Waals surface area contributed by atoms with Gasteiger partial charge in [0.1, 0.15) is 11.9 Å². The second-order valence-corrected chi connectivity index (χ2v) is 8.75. The standard InChI is InChI=1S/C25H30FN5O/c1-19-17-30(23-7-8-24(26)21(15-23)16-27)13-14-31(19)25(32)28-22-9-11-29(12-10-22)18-20-5-3-2-4-6-20/h2-8,15,19,22H,9-14,17-18H2,1H3,(H,28,32)/t19-/m1/s1. The normalized spacial score (nSPS) is 20.1.